The van der Waals surface area contributed by atoms with Gasteiger partial charge >= 0.3 is 5.69 Å². The van der Waals surface area contributed by atoms with E-state index in [0.29, 0.717) is 11.4 Å². The minimum atomic E-state index is -0.633. The number of nitrogens with zero attached hydrogens (tertiary/aromatic N) is 1. The molecule has 33 heavy (non-hydrogen) atoms. The van der Waals surface area contributed by atoms with E-state index >= 15 is 0 Å². The number of hydrogen-bond acceptors (Lipinski definition) is 6. The summed E-state index contributed by atoms with van der Waals surface area (Å²) < 4.78 is 4.93. The highest BCUT2D eigenvalue weighted by atomic mass is 32.1. The van der Waals surface area contributed by atoms with Gasteiger partial charge in [-0.2, -0.15) is 0 Å². The Bertz CT molecular complexity index is 1180. The van der Waals surface area contributed by atoms with Crippen LogP contribution >= 0.6 is 12.2 Å². The van der Waals surface area contributed by atoms with Gasteiger partial charge in [-0.1, -0.05) is 30.3 Å². The van der Waals surface area contributed by atoms with Gasteiger partial charge in [-0.25, -0.2) is 0 Å². The van der Waals surface area contributed by atoms with Crippen molar-refractivity contribution < 1.29 is 19.2 Å². The molecule has 0 saturated heterocycles. The monoisotopic (exact) mass is 464 g/mol. The first-order chi connectivity index (χ1) is 15.9. The topological polar surface area (TPSA) is 123 Å². The summed E-state index contributed by atoms with van der Waals surface area (Å²) in [6.07, 6.45) is 0.264. The van der Waals surface area contributed by atoms with Gasteiger partial charge < -0.3 is 15.4 Å². The lowest BCUT2D eigenvalue weighted by Crippen LogP contribution is -2.34. The molecule has 168 valence electrons. The second kappa shape index (κ2) is 10.8. The maximum Gasteiger partial charge on any atom is 0.311 e. The molecular weight excluding hydrogens is 444 g/mol. The molecule has 0 saturated carbocycles. The Labute approximate surface area is 194 Å². The molecule has 2 amide bonds. The summed E-state index contributed by atoms with van der Waals surface area (Å²) in [6.45, 7) is 0. The summed E-state index contributed by atoms with van der Waals surface area (Å²) in [6, 6.07) is 20.0. The summed E-state index contributed by atoms with van der Waals surface area (Å²) in [7, 11) is 1.31. The van der Waals surface area contributed by atoms with E-state index in [1.807, 2.05) is 30.3 Å². The van der Waals surface area contributed by atoms with Crippen LogP contribution in [0, 0.1) is 10.1 Å². The summed E-state index contributed by atoms with van der Waals surface area (Å²) in [5, 5.41) is 19.3. The minimum Gasteiger partial charge on any atom is -0.490 e. The molecule has 3 aromatic rings. The molecule has 0 aliphatic heterocycles. The van der Waals surface area contributed by atoms with E-state index in [9.17, 15) is 19.7 Å². The van der Waals surface area contributed by atoms with Crippen LogP contribution in [0.2, 0.25) is 0 Å². The molecule has 3 rings (SSSR count). The Morgan fingerprint density at radius 1 is 0.970 bits per heavy atom. The van der Waals surface area contributed by atoms with Crippen LogP contribution < -0.4 is 20.7 Å². The van der Waals surface area contributed by atoms with Crippen LogP contribution in [0.4, 0.5) is 17.1 Å². The first-order valence-corrected chi connectivity index (χ1v) is 10.1. The van der Waals surface area contributed by atoms with Crippen molar-refractivity contribution in [2.24, 2.45) is 0 Å². The molecule has 3 aromatic carbocycles. The molecule has 0 spiro atoms. The van der Waals surface area contributed by atoms with Crippen molar-refractivity contribution in [1.82, 2.24) is 5.32 Å². The van der Waals surface area contributed by atoms with Gasteiger partial charge in [-0.3, -0.25) is 25.0 Å². The molecule has 0 heterocycles. The number of ether oxygens (including phenoxy) is 1. The van der Waals surface area contributed by atoms with Crippen molar-refractivity contribution in [3.05, 3.63) is 94.0 Å². The maximum atomic E-state index is 12.4. The zero-order chi connectivity index (χ0) is 23.8. The third kappa shape index (κ3) is 6.58. The highest BCUT2D eigenvalue weighted by molar-refractivity contribution is 7.80. The molecule has 0 aliphatic carbocycles. The summed E-state index contributed by atoms with van der Waals surface area (Å²) in [5.74, 6) is -0.700. The van der Waals surface area contributed by atoms with Gasteiger partial charge in [-0.05, 0) is 54.2 Å². The van der Waals surface area contributed by atoms with E-state index in [0.717, 1.165) is 11.6 Å². The van der Waals surface area contributed by atoms with Crippen LogP contribution in [-0.4, -0.2) is 29.0 Å². The Kier molecular flexibility index (Phi) is 7.66. The lowest BCUT2D eigenvalue weighted by Gasteiger charge is -2.11. The molecule has 3 N–H and O–H groups in total. The number of anilines is 2. The van der Waals surface area contributed by atoms with Crippen molar-refractivity contribution in [2.75, 3.05) is 17.7 Å². The standard InChI is InChI=1S/C23H20N4O5S/c1-32-20-12-7-16(14-19(20)27(30)31)22(29)26-23(33)25-18-10-8-17(9-11-18)24-21(28)13-15-5-3-2-4-6-15/h2-12,14H,13H2,1H3,(H,24,28)(H2,25,26,29,33). The van der Waals surface area contributed by atoms with Gasteiger partial charge in [0, 0.05) is 23.0 Å². The van der Waals surface area contributed by atoms with Gasteiger partial charge in [0.1, 0.15) is 0 Å². The van der Waals surface area contributed by atoms with Gasteiger partial charge in [0.15, 0.2) is 10.9 Å². The van der Waals surface area contributed by atoms with Crippen molar-refractivity contribution >= 4 is 46.2 Å². The first kappa shape index (κ1) is 23.4. The fourth-order valence-electron chi connectivity index (χ4n) is 2.93. The predicted molar refractivity (Wildman–Crippen MR) is 129 cm³/mol. The van der Waals surface area contributed by atoms with Gasteiger partial charge in [0.05, 0.1) is 18.5 Å². The van der Waals surface area contributed by atoms with E-state index in [4.69, 9.17) is 17.0 Å². The van der Waals surface area contributed by atoms with Gasteiger partial charge in [0.25, 0.3) is 5.91 Å². The molecule has 0 fully saturated rings. The van der Waals surface area contributed by atoms with Crippen LogP contribution in [0.1, 0.15) is 15.9 Å². The fourth-order valence-corrected chi connectivity index (χ4v) is 3.15. The number of methoxy groups -OCH3 is 1. The van der Waals surface area contributed by atoms with Crippen LogP contribution in [0.3, 0.4) is 0 Å². The number of nitro benzene ring substituents is 1. The number of carbonyl (C=O) groups is 2. The predicted octanol–water partition coefficient (Wildman–Crippen LogP) is 3.91. The molecule has 0 atom stereocenters. The number of nitro groups is 1. The quantitative estimate of drug-likeness (QED) is 0.275. The molecule has 9 nitrogen and oxygen atoms in total. The van der Waals surface area contributed by atoms with Crippen molar-refractivity contribution in [3.8, 4) is 5.75 Å². The Morgan fingerprint density at radius 3 is 2.21 bits per heavy atom. The van der Waals surface area contributed by atoms with Crippen molar-refractivity contribution in [3.63, 3.8) is 0 Å². The molecule has 0 aromatic heterocycles. The third-order valence-corrected chi connectivity index (χ3v) is 4.70. The first-order valence-electron chi connectivity index (χ1n) is 9.74. The number of rotatable bonds is 7. The van der Waals surface area contributed by atoms with E-state index in [1.165, 1.54) is 19.2 Å². The summed E-state index contributed by atoms with van der Waals surface area (Å²) in [5.41, 5.74) is 1.85. The van der Waals surface area contributed by atoms with Crippen LogP contribution in [0.5, 0.6) is 5.75 Å². The minimum absolute atomic E-state index is 0.0133. The van der Waals surface area contributed by atoms with Crippen LogP contribution in [0.25, 0.3) is 0 Å². The normalized spacial score (nSPS) is 10.1. The van der Waals surface area contributed by atoms with E-state index in [-0.39, 0.29) is 34.4 Å². The van der Waals surface area contributed by atoms with Gasteiger partial charge in [-0.15, -0.1) is 0 Å². The zero-order valence-electron chi connectivity index (χ0n) is 17.5. The molecular formula is C23H20N4O5S. The molecule has 0 aliphatic rings. The summed E-state index contributed by atoms with van der Waals surface area (Å²) >= 11 is 5.15. The fraction of sp³-hybridized carbons (Fsp3) is 0.0870. The smallest absolute Gasteiger partial charge is 0.311 e. The van der Waals surface area contributed by atoms with E-state index in [2.05, 4.69) is 16.0 Å². The highest BCUT2D eigenvalue weighted by Crippen LogP contribution is 2.27. The van der Waals surface area contributed by atoms with Gasteiger partial charge in [0.2, 0.25) is 5.91 Å². The number of amides is 2. The average molecular weight is 465 g/mol. The van der Waals surface area contributed by atoms with E-state index in [1.54, 1.807) is 24.3 Å². The molecule has 0 unspecified atom stereocenters. The summed E-state index contributed by atoms with van der Waals surface area (Å²) in [4.78, 5) is 35.1. The third-order valence-electron chi connectivity index (χ3n) is 4.50. The molecule has 0 bridgehead atoms. The number of hydrogen-bond donors (Lipinski definition) is 3. The van der Waals surface area contributed by atoms with Crippen molar-refractivity contribution in [1.29, 1.82) is 0 Å². The SMILES string of the molecule is COc1ccc(C(=O)NC(=S)Nc2ccc(NC(=O)Cc3ccccc3)cc2)cc1[N+](=O)[O-]. The van der Waals surface area contributed by atoms with Crippen LogP contribution in [-0.2, 0) is 11.2 Å². The van der Waals surface area contributed by atoms with E-state index < -0.39 is 10.8 Å². The molecule has 0 radical (unpaired) electrons. The lowest BCUT2D eigenvalue weighted by molar-refractivity contribution is -0.385. The Morgan fingerprint density at radius 2 is 1.61 bits per heavy atom. The number of carbonyl (C=O) groups excluding carboxylic acids is 2. The average Bonchev–Trinajstić information content (AvgIpc) is 2.80. The second-order valence-corrected chi connectivity index (χ2v) is 7.25. The van der Waals surface area contributed by atoms with Crippen LogP contribution in [0.15, 0.2) is 72.8 Å². The highest BCUT2D eigenvalue weighted by Gasteiger charge is 2.18. The van der Waals surface area contributed by atoms with Crippen molar-refractivity contribution in [2.45, 2.75) is 6.42 Å². The molecule has 10 heteroatoms. The Hall–Kier alpha value is -4.31. The zero-order valence-corrected chi connectivity index (χ0v) is 18.3. The largest absolute Gasteiger partial charge is 0.490 e. The maximum absolute atomic E-state index is 12.4. The Balaban J connectivity index is 1.55. The number of benzene rings is 3. The number of nitrogens with one attached hydrogen (secondary N) is 3. The second-order valence-electron chi connectivity index (χ2n) is 6.84. The lowest BCUT2D eigenvalue weighted by atomic mass is 10.1. The number of thiocarbonyl (C=S) groups is 1.